The monoisotopic (exact) mass is 287 g/mol. The summed E-state index contributed by atoms with van der Waals surface area (Å²) in [7, 11) is -2.74. The molecule has 3 nitrogen and oxygen atoms in total. The molecule has 2 aliphatic rings. The van der Waals surface area contributed by atoms with E-state index < -0.39 is 9.84 Å². The Kier molecular flexibility index (Phi) is 4.05. The smallest absolute Gasteiger partial charge is 0.150 e. The van der Waals surface area contributed by atoms with Gasteiger partial charge in [0.2, 0.25) is 0 Å². The maximum atomic E-state index is 11.5. The summed E-state index contributed by atoms with van der Waals surface area (Å²) in [6, 6.07) is 0.947. The van der Waals surface area contributed by atoms with Crippen molar-refractivity contribution in [2.45, 2.75) is 71.9 Å². The molecule has 4 heteroatoms. The van der Waals surface area contributed by atoms with Gasteiger partial charge in [-0.25, -0.2) is 8.42 Å². The van der Waals surface area contributed by atoms with Gasteiger partial charge in [0.05, 0.1) is 11.5 Å². The van der Waals surface area contributed by atoms with Crippen molar-refractivity contribution in [3.05, 3.63) is 0 Å². The highest BCUT2D eigenvalue weighted by Gasteiger charge is 2.39. The molecule has 0 aromatic rings. The van der Waals surface area contributed by atoms with Gasteiger partial charge >= 0.3 is 0 Å². The first-order valence-corrected chi connectivity index (χ1v) is 9.36. The largest absolute Gasteiger partial charge is 0.311 e. The lowest BCUT2D eigenvalue weighted by Gasteiger charge is -2.46. The van der Waals surface area contributed by atoms with Crippen LogP contribution in [0.15, 0.2) is 0 Å². The zero-order valence-corrected chi connectivity index (χ0v) is 13.6. The molecule has 0 aromatic heterocycles. The molecule has 0 unspecified atom stereocenters. The molecule has 1 saturated carbocycles. The Morgan fingerprint density at radius 2 is 1.37 bits per heavy atom. The van der Waals surface area contributed by atoms with Crippen LogP contribution in [0.2, 0.25) is 0 Å². The SMILES string of the molecule is CC1(C)CC(NC2CCS(=O)(=O)CC2)CC(C)(C)C1. The fraction of sp³-hybridized carbons (Fsp3) is 1.00. The molecule has 1 saturated heterocycles. The molecule has 0 bridgehead atoms. The zero-order chi connectivity index (χ0) is 14.3. The molecule has 0 aromatic carbocycles. The number of hydrogen-bond acceptors (Lipinski definition) is 3. The maximum absolute atomic E-state index is 11.5. The third-order valence-corrected chi connectivity index (χ3v) is 6.30. The van der Waals surface area contributed by atoms with Crippen LogP contribution in [-0.4, -0.2) is 32.0 Å². The van der Waals surface area contributed by atoms with Crippen LogP contribution < -0.4 is 5.32 Å². The van der Waals surface area contributed by atoms with Crippen LogP contribution in [0.25, 0.3) is 0 Å². The van der Waals surface area contributed by atoms with E-state index in [0.717, 1.165) is 12.8 Å². The number of sulfone groups is 1. The zero-order valence-electron chi connectivity index (χ0n) is 12.8. The van der Waals surface area contributed by atoms with E-state index in [1.807, 2.05) is 0 Å². The normalized spacial score (nSPS) is 31.2. The molecule has 1 aliphatic heterocycles. The first-order valence-electron chi connectivity index (χ1n) is 7.54. The Morgan fingerprint density at radius 1 is 0.895 bits per heavy atom. The molecule has 0 spiro atoms. The van der Waals surface area contributed by atoms with Crippen molar-refractivity contribution in [1.82, 2.24) is 5.32 Å². The summed E-state index contributed by atoms with van der Waals surface area (Å²) in [6.07, 6.45) is 5.27. The number of nitrogens with one attached hydrogen (secondary N) is 1. The van der Waals surface area contributed by atoms with Gasteiger partial charge in [0, 0.05) is 12.1 Å². The van der Waals surface area contributed by atoms with Crippen molar-refractivity contribution in [3.63, 3.8) is 0 Å². The Balaban J connectivity index is 1.92. The first kappa shape index (κ1) is 15.3. The number of rotatable bonds is 2. The van der Waals surface area contributed by atoms with Crippen LogP contribution in [0, 0.1) is 10.8 Å². The topological polar surface area (TPSA) is 46.2 Å². The van der Waals surface area contributed by atoms with E-state index in [-0.39, 0.29) is 0 Å². The van der Waals surface area contributed by atoms with E-state index in [0.29, 0.717) is 34.4 Å². The van der Waals surface area contributed by atoms with Crippen LogP contribution in [0.1, 0.15) is 59.8 Å². The molecule has 1 aliphatic carbocycles. The van der Waals surface area contributed by atoms with Gasteiger partial charge in [-0.3, -0.25) is 0 Å². The van der Waals surface area contributed by atoms with Gasteiger partial charge in [0.25, 0.3) is 0 Å². The van der Waals surface area contributed by atoms with Gasteiger partial charge in [-0.2, -0.15) is 0 Å². The fourth-order valence-electron chi connectivity index (χ4n) is 4.35. The molecular formula is C15H29NO2S. The third-order valence-electron chi connectivity index (χ3n) is 4.58. The van der Waals surface area contributed by atoms with Gasteiger partial charge in [-0.1, -0.05) is 27.7 Å². The summed E-state index contributed by atoms with van der Waals surface area (Å²) in [5.74, 6) is 0.731. The predicted octanol–water partition coefficient (Wildman–Crippen LogP) is 2.76. The van der Waals surface area contributed by atoms with Crippen LogP contribution in [0.5, 0.6) is 0 Å². The summed E-state index contributed by atoms with van der Waals surface area (Å²) in [4.78, 5) is 0. The minimum atomic E-state index is -2.74. The van der Waals surface area contributed by atoms with Crippen LogP contribution in [-0.2, 0) is 9.84 Å². The lowest BCUT2D eigenvalue weighted by atomic mass is 9.63. The average Bonchev–Trinajstić information content (AvgIpc) is 2.16. The van der Waals surface area contributed by atoms with Crippen molar-refractivity contribution in [2.24, 2.45) is 10.8 Å². The van der Waals surface area contributed by atoms with Gasteiger partial charge in [-0.15, -0.1) is 0 Å². The lowest BCUT2D eigenvalue weighted by Crippen LogP contribution is -2.49. The van der Waals surface area contributed by atoms with Crippen molar-refractivity contribution < 1.29 is 8.42 Å². The molecule has 1 N–H and O–H groups in total. The van der Waals surface area contributed by atoms with Crippen molar-refractivity contribution in [2.75, 3.05) is 11.5 Å². The molecule has 1 heterocycles. The van der Waals surface area contributed by atoms with Crippen molar-refractivity contribution in [3.8, 4) is 0 Å². The lowest BCUT2D eigenvalue weighted by molar-refractivity contribution is 0.0795. The van der Waals surface area contributed by atoms with Crippen molar-refractivity contribution >= 4 is 9.84 Å². The second-order valence-electron chi connectivity index (χ2n) is 8.20. The third kappa shape index (κ3) is 4.45. The van der Waals surface area contributed by atoms with E-state index in [1.165, 1.54) is 19.3 Å². The molecule has 19 heavy (non-hydrogen) atoms. The molecule has 0 radical (unpaired) electrons. The van der Waals surface area contributed by atoms with Crippen LogP contribution in [0.3, 0.4) is 0 Å². The average molecular weight is 287 g/mol. The minimum absolute atomic E-state index is 0.365. The summed E-state index contributed by atoms with van der Waals surface area (Å²) in [6.45, 7) is 9.42. The predicted molar refractivity (Wildman–Crippen MR) is 80.0 cm³/mol. The van der Waals surface area contributed by atoms with Crippen LogP contribution >= 0.6 is 0 Å². The summed E-state index contributed by atoms with van der Waals surface area (Å²) in [5, 5.41) is 3.74. The Labute approximate surface area is 118 Å². The Morgan fingerprint density at radius 3 is 1.84 bits per heavy atom. The highest BCUT2D eigenvalue weighted by molar-refractivity contribution is 7.91. The van der Waals surface area contributed by atoms with E-state index in [2.05, 4.69) is 33.0 Å². The summed E-state index contributed by atoms with van der Waals surface area (Å²) < 4.78 is 22.9. The second-order valence-corrected chi connectivity index (χ2v) is 10.5. The molecule has 2 rings (SSSR count). The van der Waals surface area contributed by atoms with Gasteiger partial charge in [0.15, 0.2) is 0 Å². The van der Waals surface area contributed by atoms with Crippen molar-refractivity contribution in [1.29, 1.82) is 0 Å². The first-order chi connectivity index (χ1) is 8.57. The molecule has 0 atom stereocenters. The summed E-state index contributed by atoms with van der Waals surface area (Å²) >= 11 is 0. The van der Waals surface area contributed by atoms with Gasteiger partial charge in [-0.05, 0) is 42.9 Å². The number of hydrogen-bond donors (Lipinski definition) is 1. The van der Waals surface area contributed by atoms with E-state index in [4.69, 9.17) is 0 Å². The minimum Gasteiger partial charge on any atom is -0.311 e. The highest BCUT2D eigenvalue weighted by Crippen LogP contribution is 2.45. The summed E-state index contributed by atoms with van der Waals surface area (Å²) in [5.41, 5.74) is 0.778. The highest BCUT2D eigenvalue weighted by atomic mass is 32.2. The molecule has 112 valence electrons. The molecule has 2 fully saturated rings. The Bertz CT molecular complexity index is 395. The van der Waals surface area contributed by atoms with Gasteiger partial charge in [0.1, 0.15) is 9.84 Å². The Hall–Kier alpha value is -0.0900. The standard InChI is InChI=1S/C15H29NO2S/c1-14(2)9-13(10-15(3,4)11-14)16-12-5-7-19(17,18)8-6-12/h12-13,16H,5-11H2,1-4H3. The molecule has 0 amide bonds. The second kappa shape index (κ2) is 5.03. The quantitative estimate of drug-likeness (QED) is 0.849. The fourth-order valence-corrected chi connectivity index (χ4v) is 5.85. The van der Waals surface area contributed by atoms with E-state index in [9.17, 15) is 8.42 Å². The van der Waals surface area contributed by atoms with E-state index in [1.54, 1.807) is 0 Å². The van der Waals surface area contributed by atoms with E-state index >= 15 is 0 Å². The maximum Gasteiger partial charge on any atom is 0.150 e. The van der Waals surface area contributed by atoms with Crippen LogP contribution in [0.4, 0.5) is 0 Å². The van der Waals surface area contributed by atoms with Gasteiger partial charge < -0.3 is 5.32 Å². The molecular weight excluding hydrogens is 258 g/mol.